The Labute approximate surface area is 171 Å². The first kappa shape index (κ1) is 22.7. The number of carbonyl (C=O) groups is 1. The maximum Gasteiger partial charge on any atom is 0.240 e. The van der Waals surface area contributed by atoms with Crippen molar-refractivity contribution in [2.75, 3.05) is 30.3 Å². The summed E-state index contributed by atoms with van der Waals surface area (Å²) < 4.78 is 43.8. The zero-order valence-corrected chi connectivity index (χ0v) is 17.5. The SMILES string of the molecule is CCCOc1ccccc1CCCNC(=O)CN(c1ccc(F)cc1)S(C)(=O)=O. The van der Waals surface area contributed by atoms with Gasteiger partial charge in [0.2, 0.25) is 15.9 Å². The minimum absolute atomic E-state index is 0.242. The second kappa shape index (κ2) is 10.8. The van der Waals surface area contributed by atoms with E-state index in [0.717, 1.165) is 46.8 Å². The lowest BCUT2D eigenvalue weighted by molar-refractivity contribution is -0.119. The number of aryl methyl sites for hydroxylation is 1. The van der Waals surface area contributed by atoms with Crippen LogP contribution < -0.4 is 14.4 Å². The number of hydrogen-bond donors (Lipinski definition) is 1. The van der Waals surface area contributed by atoms with E-state index in [0.29, 0.717) is 19.6 Å². The minimum Gasteiger partial charge on any atom is -0.493 e. The van der Waals surface area contributed by atoms with Gasteiger partial charge in [-0.2, -0.15) is 0 Å². The van der Waals surface area contributed by atoms with Crippen LogP contribution in [0.4, 0.5) is 10.1 Å². The molecule has 0 aliphatic heterocycles. The van der Waals surface area contributed by atoms with Crippen molar-refractivity contribution in [2.45, 2.75) is 26.2 Å². The molecule has 0 radical (unpaired) electrons. The molecule has 6 nitrogen and oxygen atoms in total. The Morgan fingerprint density at radius 1 is 1.14 bits per heavy atom. The van der Waals surface area contributed by atoms with Crippen molar-refractivity contribution in [1.82, 2.24) is 5.32 Å². The average Bonchev–Trinajstić information content (AvgIpc) is 2.68. The maximum atomic E-state index is 13.1. The Hall–Kier alpha value is -2.61. The van der Waals surface area contributed by atoms with Crippen molar-refractivity contribution >= 4 is 21.6 Å². The Morgan fingerprint density at radius 2 is 1.83 bits per heavy atom. The van der Waals surface area contributed by atoms with Crippen molar-refractivity contribution in [3.63, 3.8) is 0 Å². The van der Waals surface area contributed by atoms with Gasteiger partial charge < -0.3 is 10.1 Å². The van der Waals surface area contributed by atoms with Gasteiger partial charge in [-0.1, -0.05) is 25.1 Å². The van der Waals surface area contributed by atoms with Crippen molar-refractivity contribution in [2.24, 2.45) is 0 Å². The van der Waals surface area contributed by atoms with Crippen LogP contribution in [-0.2, 0) is 21.2 Å². The van der Waals surface area contributed by atoms with E-state index < -0.39 is 21.7 Å². The van der Waals surface area contributed by atoms with Crippen LogP contribution in [0.5, 0.6) is 5.75 Å². The maximum absolute atomic E-state index is 13.1. The molecule has 2 aromatic rings. The highest BCUT2D eigenvalue weighted by molar-refractivity contribution is 7.92. The molecule has 0 heterocycles. The van der Waals surface area contributed by atoms with E-state index in [2.05, 4.69) is 5.32 Å². The van der Waals surface area contributed by atoms with E-state index in [1.165, 1.54) is 12.1 Å². The number of benzene rings is 2. The minimum atomic E-state index is -3.68. The molecule has 0 atom stereocenters. The molecule has 158 valence electrons. The van der Waals surface area contributed by atoms with Gasteiger partial charge in [0.25, 0.3) is 0 Å². The highest BCUT2D eigenvalue weighted by atomic mass is 32.2. The fraction of sp³-hybridized carbons (Fsp3) is 0.381. The van der Waals surface area contributed by atoms with Crippen LogP contribution in [0.1, 0.15) is 25.3 Å². The van der Waals surface area contributed by atoms with E-state index in [-0.39, 0.29) is 12.2 Å². The molecule has 0 unspecified atom stereocenters. The molecule has 0 aliphatic rings. The second-order valence-corrected chi connectivity index (χ2v) is 8.56. The van der Waals surface area contributed by atoms with Gasteiger partial charge in [-0.3, -0.25) is 9.10 Å². The molecule has 0 aromatic heterocycles. The number of halogens is 1. The molecule has 1 amide bonds. The van der Waals surface area contributed by atoms with E-state index in [9.17, 15) is 17.6 Å². The van der Waals surface area contributed by atoms with Crippen LogP contribution in [0.2, 0.25) is 0 Å². The van der Waals surface area contributed by atoms with Gasteiger partial charge in [0.15, 0.2) is 0 Å². The Morgan fingerprint density at radius 3 is 2.48 bits per heavy atom. The molecule has 0 aliphatic carbocycles. The molecule has 0 spiro atoms. The quantitative estimate of drug-likeness (QED) is 0.565. The van der Waals surface area contributed by atoms with Crippen molar-refractivity contribution < 1.29 is 22.3 Å². The van der Waals surface area contributed by atoms with Gasteiger partial charge in [-0.15, -0.1) is 0 Å². The third kappa shape index (κ3) is 7.38. The summed E-state index contributed by atoms with van der Waals surface area (Å²) in [6, 6.07) is 12.8. The molecule has 2 rings (SSSR count). The monoisotopic (exact) mass is 422 g/mol. The average molecular weight is 423 g/mol. The molecule has 0 saturated carbocycles. The Bertz CT molecular complexity index is 901. The van der Waals surface area contributed by atoms with Crippen LogP contribution in [0, 0.1) is 5.82 Å². The van der Waals surface area contributed by atoms with E-state index >= 15 is 0 Å². The lowest BCUT2D eigenvalue weighted by atomic mass is 10.1. The molecule has 2 aromatic carbocycles. The van der Waals surface area contributed by atoms with Gasteiger partial charge >= 0.3 is 0 Å². The molecule has 8 heteroatoms. The summed E-state index contributed by atoms with van der Waals surface area (Å²) in [5, 5.41) is 2.74. The topological polar surface area (TPSA) is 75.7 Å². The normalized spacial score (nSPS) is 11.1. The number of nitrogens with one attached hydrogen (secondary N) is 1. The van der Waals surface area contributed by atoms with Gasteiger partial charge in [0.05, 0.1) is 18.6 Å². The van der Waals surface area contributed by atoms with Gasteiger partial charge in [-0.05, 0) is 55.2 Å². The first-order valence-corrected chi connectivity index (χ1v) is 11.4. The fourth-order valence-electron chi connectivity index (χ4n) is 2.76. The Kier molecular flexibility index (Phi) is 8.45. The van der Waals surface area contributed by atoms with Gasteiger partial charge in [0.1, 0.15) is 18.1 Å². The zero-order valence-electron chi connectivity index (χ0n) is 16.7. The molecule has 0 bridgehead atoms. The van der Waals surface area contributed by atoms with E-state index in [4.69, 9.17) is 4.74 Å². The molecule has 0 saturated heterocycles. The number of carbonyl (C=O) groups excluding carboxylic acids is 1. The molecular formula is C21H27FN2O4S. The van der Waals surface area contributed by atoms with Crippen LogP contribution in [0.3, 0.4) is 0 Å². The lowest BCUT2D eigenvalue weighted by Crippen LogP contribution is -2.40. The van der Waals surface area contributed by atoms with E-state index in [1.54, 1.807) is 0 Å². The second-order valence-electron chi connectivity index (χ2n) is 6.66. The zero-order chi connectivity index (χ0) is 21.3. The van der Waals surface area contributed by atoms with Crippen LogP contribution in [-0.4, -0.2) is 40.3 Å². The van der Waals surface area contributed by atoms with Crippen molar-refractivity contribution in [3.8, 4) is 5.75 Å². The number of amides is 1. The summed E-state index contributed by atoms with van der Waals surface area (Å²) in [7, 11) is -3.68. The van der Waals surface area contributed by atoms with Crippen molar-refractivity contribution in [3.05, 3.63) is 59.9 Å². The number of anilines is 1. The van der Waals surface area contributed by atoms with E-state index in [1.807, 2.05) is 31.2 Å². The number of para-hydroxylation sites is 1. The third-order valence-electron chi connectivity index (χ3n) is 4.18. The summed E-state index contributed by atoms with van der Waals surface area (Å²) in [5.41, 5.74) is 1.31. The standard InChI is InChI=1S/C21H27FN2O4S/c1-3-15-28-20-9-5-4-7-17(20)8-6-14-23-21(25)16-24(29(2,26)27)19-12-10-18(22)11-13-19/h4-5,7,9-13H,3,6,8,14-16H2,1-2H3,(H,23,25). The third-order valence-corrected chi connectivity index (χ3v) is 5.32. The van der Waals surface area contributed by atoms with Gasteiger partial charge in [-0.25, -0.2) is 12.8 Å². The van der Waals surface area contributed by atoms with Crippen LogP contribution >= 0.6 is 0 Å². The van der Waals surface area contributed by atoms with Crippen LogP contribution in [0.15, 0.2) is 48.5 Å². The van der Waals surface area contributed by atoms with Crippen LogP contribution in [0.25, 0.3) is 0 Å². The smallest absolute Gasteiger partial charge is 0.240 e. The summed E-state index contributed by atoms with van der Waals surface area (Å²) >= 11 is 0. The number of rotatable bonds is 11. The highest BCUT2D eigenvalue weighted by Gasteiger charge is 2.20. The van der Waals surface area contributed by atoms with Gasteiger partial charge in [0, 0.05) is 6.54 Å². The largest absolute Gasteiger partial charge is 0.493 e. The number of sulfonamides is 1. The lowest BCUT2D eigenvalue weighted by Gasteiger charge is -2.21. The number of nitrogens with zero attached hydrogens (tertiary/aromatic N) is 1. The predicted octanol–water partition coefficient (Wildman–Crippen LogP) is 3.13. The number of ether oxygens (including phenoxy) is 1. The summed E-state index contributed by atoms with van der Waals surface area (Å²) in [6.45, 7) is 2.74. The molecule has 0 fully saturated rings. The Balaban J connectivity index is 1.88. The number of hydrogen-bond acceptors (Lipinski definition) is 4. The molecule has 1 N–H and O–H groups in total. The highest BCUT2D eigenvalue weighted by Crippen LogP contribution is 2.20. The summed E-state index contributed by atoms with van der Waals surface area (Å²) in [4.78, 5) is 12.2. The van der Waals surface area contributed by atoms with Crippen molar-refractivity contribution in [1.29, 1.82) is 0 Å². The first-order chi connectivity index (χ1) is 13.8. The predicted molar refractivity (Wildman–Crippen MR) is 112 cm³/mol. The molecule has 29 heavy (non-hydrogen) atoms. The first-order valence-electron chi connectivity index (χ1n) is 9.52. The summed E-state index contributed by atoms with van der Waals surface area (Å²) in [5.74, 6) is -0.0506. The molecular weight excluding hydrogens is 395 g/mol. The summed E-state index contributed by atoms with van der Waals surface area (Å²) in [6.07, 6.45) is 3.35. The fourth-order valence-corrected chi connectivity index (χ4v) is 3.62.